The van der Waals surface area contributed by atoms with E-state index in [2.05, 4.69) is 5.32 Å². The number of para-hydroxylation sites is 1. The van der Waals surface area contributed by atoms with Gasteiger partial charge < -0.3 is 5.32 Å². The van der Waals surface area contributed by atoms with Crippen LogP contribution < -0.4 is 5.32 Å². The number of fused-ring (bicyclic) bond motifs is 1. The molecule has 0 saturated heterocycles. The van der Waals surface area contributed by atoms with Crippen LogP contribution in [0.3, 0.4) is 0 Å². The first-order valence-corrected chi connectivity index (χ1v) is 6.92. The summed E-state index contributed by atoms with van der Waals surface area (Å²) in [6.07, 6.45) is 1.84. The van der Waals surface area contributed by atoms with Crippen molar-refractivity contribution in [2.24, 2.45) is 0 Å². The fraction of sp³-hybridized carbons (Fsp3) is 0.333. The van der Waals surface area contributed by atoms with Crippen LogP contribution in [0.2, 0.25) is 0 Å². The van der Waals surface area contributed by atoms with Crippen LogP contribution in [-0.2, 0) is 10.1 Å². The molecule has 0 amide bonds. The quantitative estimate of drug-likeness (QED) is 0.636. The summed E-state index contributed by atoms with van der Waals surface area (Å²) in [6.45, 7) is 3.90. The van der Waals surface area contributed by atoms with Crippen LogP contribution in [0.15, 0.2) is 30.3 Å². The van der Waals surface area contributed by atoms with Gasteiger partial charge in [-0.25, -0.2) is 0 Å². The van der Waals surface area contributed by atoms with Crippen LogP contribution in [0.5, 0.6) is 0 Å². The predicted octanol–water partition coefficient (Wildman–Crippen LogP) is 1.25. The standard InChI is InChI=1S/C12H15NO3S.Ca.2H/c1-12(2)7-9(8-17(14,15)16)10-5-3-4-6-11(10)13-12;;;/h3-7,13H,8H2,1-2H3,(H,14,15,16);;;. The molecule has 0 saturated carbocycles. The molecule has 18 heavy (non-hydrogen) atoms. The maximum atomic E-state index is 11.0. The molecule has 0 aliphatic carbocycles. The SMILES string of the molecule is CC1(C)C=C(CS(=O)(=O)O)c2ccccc2N1.[CaH2]. The third kappa shape index (κ3) is 3.96. The summed E-state index contributed by atoms with van der Waals surface area (Å²) < 4.78 is 31.0. The summed E-state index contributed by atoms with van der Waals surface area (Å²) in [5, 5.41) is 3.30. The van der Waals surface area contributed by atoms with E-state index in [1.54, 1.807) is 0 Å². The molecule has 1 heterocycles. The van der Waals surface area contributed by atoms with E-state index in [0.29, 0.717) is 5.57 Å². The molecule has 1 aliphatic rings. The molecule has 0 spiro atoms. The first-order valence-electron chi connectivity index (χ1n) is 5.31. The van der Waals surface area contributed by atoms with Crippen LogP contribution >= 0.6 is 0 Å². The van der Waals surface area contributed by atoms with Gasteiger partial charge in [0.2, 0.25) is 0 Å². The number of benzene rings is 1. The summed E-state index contributed by atoms with van der Waals surface area (Å²) in [7, 11) is -4.01. The van der Waals surface area contributed by atoms with Crippen molar-refractivity contribution in [3.63, 3.8) is 0 Å². The van der Waals surface area contributed by atoms with Gasteiger partial charge in [0.1, 0.15) is 5.75 Å². The van der Waals surface area contributed by atoms with Crippen molar-refractivity contribution in [3.05, 3.63) is 35.9 Å². The molecule has 1 aliphatic heterocycles. The summed E-state index contributed by atoms with van der Waals surface area (Å²) >= 11 is 0. The molecule has 0 unspecified atom stereocenters. The minimum absolute atomic E-state index is 0. The van der Waals surface area contributed by atoms with E-state index in [4.69, 9.17) is 4.55 Å². The van der Waals surface area contributed by atoms with E-state index in [1.165, 1.54) is 0 Å². The van der Waals surface area contributed by atoms with E-state index < -0.39 is 10.1 Å². The molecule has 1 aromatic carbocycles. The van der Waals surface area contributed by atoms with Gasteiger partial charge in [-0.1, -0.05) is 24.3 Å². The van der Waals surface area contributed by atoms with Crippen molar-refractivity contribution >= 4 is 59.1 Å². The van der Waals surface area contributed by atoms with Gasteiger partial charge in [0.25, 0.3) is 10.1 Å². The predicted molar refractivity (Wildman–Crippen MR) is 77.1 cm³/mol. The fourth-order valence-corrected chi connectivity index (χ4v) is 2.72. The zero-order valence-corrected chi connectivity index (χ0v) is 10.6. The van der Waals surface area contributed by atoms with Crippen LogP contribution in [0.1, 0.15) is 19.4 Å². The molecular weight excluding hydrogens is 278 g/mol. The second-order valence-corrected chi connectivity index (χ2v) is 6.24. The maximum absolute atomic E-state index is 11.0. The molecular formula is C12H17CaNO3S. The second-order valence-electron chi connectivity index (χ2n) is 4.79. The average molecular weight is 295 g/mol. The van der Waals surface area contributed by atoms with Gasteiger partial charge >= 0.3 is 37.7 Å². The van der Waals surface area contributed by atoms with Gasteiger partial charge in [-0.3, -0.25) is 4.55 Å². The van der Waals surface area contributed by atoms with Gasteiger partial charge in [0.15, 0.2) is 0 Å². The normalized spacial score (nSPS) is 16.9. The molecule has 1 aromatic rings. The van der Waals surface area contributed by atoms with Crippen LogP contribution in [0, 0.1) is 0 Å². The summed E-state index contributed by atoms with van der Waals surface area (Å²) in [5.74, 6) is -0.352. The van der Waals surface area contributed by atoms with Crippen molar-refractivity contribution in [1.29, 1.82) is 0 Å². The molecule has 2 N–H and O–H groups in total. The number of anilines is 1. The second kappa shape index (κ2) is 5.51. The zero-order valence-electron chi connectivity index (χ0n) is 9.77. The topological polar surface area (TPSA) is 66.4 Å². The van der Waals surface area contributed by atoms with E-state index >= 15 is 0 Å². The van der Waals surface area contributed by atoms with Crippen LogP contribution in [-0.4, -0.2) is 62.0 Å². The zero-order chi connectivity index (χ0) is 12.7. The molecule has 4 nitrogen and oxygen atoms in total. The summed E-state index contributed by atoms with van der Waals surface area (Å²) in [6, 6.07) is 7.47. The summed E-state index contributed by atoms with van der Waals surface area (Å²) in [4.78, 5) is 0. The monoisotopic (exact) mass is 295 g/mol. The van der Waals surface area contributed by atoms with Gasteiger partial charge in [-0.2, -0.15) is 8.42 Å². The summed E-state index contributed by atoms with van der Waals surface area (Å²) in [5.41, 5.74) is 2.02. The Bertz CT molecular complexity index is 579. The van der Waals surface area contributed by atoms with Crippen LogP contribution in [0.25, 0.3) is 5.57 Å². The Morgan fingerprint density at radius 3 is 2.50 bits per heavy atom. The van der Waals surface area contributed by atoms with Crippen molar-refractivity contribution < 1.29 is 13.0 Å². The molecule has 6 heteroatoms. The van der Waals surface area contributed by atoms with Gasteiger partial charge in [0.05, 0.1) is 5.54 Å². The van der Waals surface area contributed by atoms with Crippen LogP contribution in [0.4, 0.5) is 5.69 Å². The molecule has 96 valence electrons. The van der Waals surface area contributed by atoms with Crippen molar-refractivity contribution in [2.75, 3.05) is 11.1 Å². The Morgan fingerprint density at radius 2 is 1.89 bits per heavy atom. The first-order chi connectivity index (χ1) is 7.77. The number of hydrogen-bond donors (Lipinski definition) is 2. The fourth-order valence-electron chi connectivity index (χ4n) is 2.08. The third-order valence-corrected chi connectivity index (χ3v) is 3.28. The van der Waals surface area contributed by atoms with E-state index in [-0.39, 0.29) is 49.0 Å². The number of hydrogen-bond acceptors (Lipinski definition) is 3. The van der Waals surface area contributed by atoms with E-state index in [0.717, 1.165) is 11.3 Å². The Labute approximate surface area is 137 Å². The van der Waals surface area contributed by atoms with Gasteiger partial charge in [0, 0.05) is 11.3 Å². The van der Waals surface area contributed by atoms with E-state index in [1.807, 2.05) is 44.2 Å². The molecule has 0 bridgehead atoms. The molecule has 0 aromatic heterocycles. The van der Waals surface area contributed by atoms with Crippen molar-refractivity contribution in [3.8, 4) is 0 Å². The Kier molecular flexibility index (Phi) is 4.89. The van der Waals surface area contributed by atoms with E-state index in [9.17, 15) is 8.42 Å². The van der Waals surface area contributed by atoms with Crippen molar-refractivity contribution in [1.82, 2.24) is 0 Å². The Hall–Kier alpha value is -0.0703. The average Bonchev–Trinajstić information content (AvgIpc) is 2.13. The molecule has 2 rings (SSSR count). The molecule has 0 radical (unpaired) electrons. The number of nitrogens with one attached hydrogen (secondary N) is 1. The first kappa shape index (κ1) is 16.0. The van der Waals surface area contributed by atoms with Gasteiger partial charge in [-0.15, -0.1) is 0 Å². The molecule has 0 fully saturated rings. The number of rotatable bonds is 2. The molecule has 0 atom stereocenters. The Morgan fingerprint density at radius 1 is 1.28 bits per heavy atom. The van der Waals surface area contributed by atoms with Crippen molar-refractivity contribution in [2.45, 2.75) is 19.4 Å². The Balaban J connectivity index is 0.00000162. The minimum atomic E-state index is -4.01. The van der Waals surface area contributed by atoms with Gasteiger partial charge in [-0.05, 0) is 25.5 Å². The third-order valence-electron chi connectivity index (χ3n) is 2.60.